The molecule has 2 rings (SSSR count). The Kier molecular flexibility index (Phi) is 4.50. The van der Waals surface area contributed by atoms with Crippen LogP contribution in [0.2, 0.25) is 0 Å². The second-order valence-corrected chi connectivity index (χ2v) is 4.84. The Labute approximate surface area is 131 Å². The number of halogens is 6. The molecule has 0 aliphatic rings. The summed E-state index contributed by atoms with van der Waals surface area (Å²) in [6.07, 6.45) is -9.50. The molecule has 0 bridgehead atoms. The molecule has 0 fully saturated rings. The van der Waals surface area contributed by atoms with E-state index in [9.17, 15) is 35.9 Å². The van der Waals surface area contributed by atoms with Gasteiger partial charge in [0, 0.05) is 11.1 Å². The standard InChI is InChI=1S/C16H8F6O2/c17-15(18,19)13-4-2-9(7-23)5-12(13)11-3-1-10(8-24)6-14(11)16(20,21)22/h1-8H. The molecule has 0 heterocycles. The molecule has 0 N–H and O–H groups in total. The summed E-state index contributed by atoms with van der Waals surface area (Å²) < 4.78 is 78.9. The molecule has 0 atom stereocenters. The zero-order valence-electron chi connectivity index (χ0n) is 11.7. The highest BCUT2D eigenvalue weighted by molar-refractivity contribution is 5.83. The van der Waals surface area contributed by atoms with Crippen molar-refractivity contribution in [1.29, 1.82) is 0 Å². The summed E-state index contributed by atoms with van der Waals surface area (Å²) in [5, 5.41) is 0. The number of alkyl halides is 6. The molecule has 0 aliphatic carbocycles. The molecular formula is C16H8F6O2. The van der Waals surface area contributed by atoms with Crippen LogP contribution in [-0.4, -0.2) is 12.6 Å². The van der Waals surface area contributed by atoms with Gasteiger partial charge in [-0.15, -0.1) is 0 Å². The van der Waals surface area contributed by atoms with Gasteiger partial charge in [0.15, 0.2) is 0 Å². The minimum absolute atomic E-state index is 0.158. The van der Waals surface area contributed by atoms with Crippen LogP contribution in [0.15, 0.2) is 36.4 Å². The lowest BCUT2D eigenvalue weighted by Crippen LogP contribution is -2.12. The van der Waals surface area contributed by atoms with Gasteiger partial charge in [-0.25, -0.2) is 0 Å². The number of aldehydes is 2. The maximum absolute atomic E-state index is 13.2. The van der Waals surface area contributed by atoms with E-state index in [1.807, 2.05) is 0 Å². The largest absolute Gasteiger partial charge is 0.417 e. The lowest BCUT2D eigenvalue weighted by Gasteiger charge is -2.18. The van der Waals surface area contributed by atoms with Gasteiger partial charge in [-0.1, -0.05) is 18.2 Å². The summed E-state index contributed by atoms with van der Waals surface area (Å²) >= 11 is 0. The molecule has 0 saturated heterocycles. The molecule has 0 aliphatic heterocycles. The first-order valence-corrected chi connectivity index (χ1v) is 6.41. The van der Waals surface area contributed by atoms with Gasteiger partial charge in [-0.2, -0.15) is 26.3 Å². The van der Waals surface area contributed by atoms with E-state index in [0.717, 1.165) is 24.3 Å². The summed E-state index contributed by atoms with van der Waals surface area (Å²) in [7, 11) is 0. The van der Waals surface area contributed by atoms with Gasteiger partial charge in [-0.05, 0) is 29.3 Å². The number of carbonyl (C=O) groups is 2. The Hall–Kier alpha value is -2.64. The van der Waals surface area contributed by atoms with Crippen LogP contribution < -0.4 is 0 Å². The van der Waals surface area contributed by atoms with E-state index in [-0.39, 0.29) is 23.7 Å². The van der Waals surface area contributed by atoms with Crippen LogP contribution >= 0.6 is 0 Å². The van der Waals surface area contributed by atoms with E-state index in [1.54, 1.807) is 0 Å². The second kappa shape index (κ2) is 6.10. The first-order valence-electron chi connectivity index (χ1n) is 6.41. The van der Waals surface area contributed by atoms with E-state index in [1.165, 1.54) is 0 Å². The Morgan fingerprint density at radius 3 is 1.62 bits per heavy atom. The van der Waals surface area contributed by atoms with Gasteiger partial charge in [0.2, 0.25) is 0 Å². The third-order valence-corrected chi connectivity index (χ3v) is 3.26. The van der Waals surface area contributed by atoms with Crippen LogP contribution in [0.4, 0.5) is 26.3 Å². The number of benzene rings is 2. The van der Waals surface area contributed by atoms with E-state index < -0.39 is 34.6 Å². The highest BCUT2D eigenvalue weighted by atomic mass is 19.4. The predicted molar refractivity (Wildman–Crippen MR) is 72.7 cm³/mol. The first-order chi connectivity index (χ1) is 11.1. The average Bonchev–Trinajstić information content (AvgIpc) is 2.52. The second-order valence-electron chi connectivity index (χ2n) is 4.84. The van der Waals surface area contributed by atoms with Crippen molar-refractivity contribution in [3.8, 4) is 11.1 Å². The van der Waals surface area contributed by atoms with E-state index in [0.29, 0.717) is 12.1 Å². The molecule has 0 radical (unpaired) electrons. The summed E-state index contributed by atoms with van der Waals surface area (Å²) in [4.78, 5) is 21.4. The van der Waals surface area contributed by atoms with Gasteiger partial charge >= 0.3 is 12.4 Å². The fourth-order valence-corrected chi connectivity index (χ4v) is 2.21. The van der Waals surface area contributed by atoms with Crippen molar-refractivity contribution in [2.75, 3.05) is 0 Å². The average molecular weight is 346 g/mol. The zero-order valence-corrected chi connectivity index (χ0v) is 11.7. The van der Waals surface area contributed by atoms with Crippen molar-refractivity contribution in [2.24, 2.45) is 0 Å². The molecule has 126 valence electrons. The van der Waals surface area contributed by atoms with Crippen molar-refractivity contribution in [2.45, 2.75) is 12.4 Å². The van der Waals surface area contributed by atoms with Crippen LogP contribution in [-0.2, 0) is 12.4 Å². The minimum atomic E-state index is -4.98. The molecule has 24 heavy (non-hydrogen) atoms. The van der Waals surface area contributed by atoms with Gasteiger partial charge in [0.05, 0.1) is 11.1 Å². The number of hydrogen-bond acceptors (Lipinski definition) is 2. The predicted octanol–water partition coefficient (Wildman–Crippen LogP) is 5.02. The van der Waals surface area contributed by atoms with Crippen molar-refractivity contribution >= 4 is 12.6 Å². The Morgan fingerprint density at radius 1 is 0.625 bits per heavy atom. The third-order valence-electron chi connectivity index (χ3n) is 3.26. The maximum Gasteiger partial charge on any atom is 0.417 e. The van der Waals surface area contributed by atoms with Crippen molar-refractivity contribution in [1.82, 2.24) is 0 Å². The quantitative estimate of drug-likeness (QED) is 0.578. The van der Waals surface area contributed by atoms with Crippen LogP contribution in [0.5, 0.6) is 0 Å². The first kappa shape index (κ1) is 17.7. The lowest BCUT2D eigenvalue weighted by atomic mass is 9.92. The summed E-state index contributed by atoms with van der Waals surface area (Å²) in [6.45, 7) is 0. The molecule has 0 aromatic heterocycles. The van der Waals surface area contributed by atoms with Crippen molar-refractivity contribution in [3.05, 3.63) is 58.7 Å². The fourth-order valence-electron chi connectivity index (χ4n) is 2.21. The summed E-state index contributed by atoms with van der Waals surface area (Å²) in [5.41, 5.74) is -4.77. The van der Waals surface area contributed by atoms with Crippen LogP contribution in [0.3, 0.4) is 0 Å². The Morgan fingerprint density at radius 2 is 1.12 bits per heavy atom. The normalized spacial score (nSPS) is 12.1. The Bertz CT molecular complexity index is 790. The van der Waals surface area contributed by atoms with E-state index >= 15 is 0 Å². The topological polar surface area (TPSA) is 34.1 Å². The number of carbonyl (C=O) groups excluding carboxylic acids is 2. The molecule has 0 spiro atoms. The molecule has 8 heteroatoms. The number of hydrogen-bond donors (Lipinski definition) is 0. The van der Waals surface area contributed by atoms with Gasteiger partial charge in [-0.3, -0.25) is 9.59 Å². The molecule has 2 aromatic carbocycles. The smallest absolute Gasteiger partial charge is 0.298 e. The highest BCUT2D eigenvalue weighted by Crippen LogP contribution is 2.43. The molecular weight excluding hydrogens is 338 g/mol. The van der Waals surface area contributed by atoms with Crippen molar-refractivity contribution in [3.63, 3.8) is 0 Å². The lowest BCUT2D eigenvalue weighted by molar-refractivity contribution is -0.139. The minimum Gasteiger partial charge on any atom is -0.298 e. The summed E-state index contributed by atoms with van der Waals surface area (Å²) in [6, 6.07) is 4.38. The molecule has 0 amide bonds. The fraction of sp³-hybridized carbons (Fsp3) is 0.125. The highest BCUT2D eigenvalue weighted by Gasteiger charge is 2.38. The zero-order chi connectivity index (χ0) is 18.1. The Balaban J connectivity index is 2.85. The molecule has 0 saturated carbocycles. The summed E-state index contributed by atoms with van der Waals surface area (Å²) in [5.74, 6) is 0. The van der Waals surface area contributed by atoms with Crippen molar-refractivity contribution < 1.29 is 35.9 Å². The van der Waals surface area contributed by atoms with Crippen LogP contribution in [0, 0.1) is 0 Å². The maximum atomic E-state index is 13.2. The third kappa shape index (κ3) is 3.47. The van der Waals surface area contributed by atoms with Gasteiger partial charge in [0.1, 0.15) is 12.6 Å². The molecule has 2 nitrogen and oxygen atoms in total. The van der Waals surface area contributed by atoms with Crippen LogP contribution in [0.25, 0.3) is 11.1 Å². The van der Waals surface area contributed by atoms with Gasteiger partial charge in [0.25, 0.3) is 0 Å². The SMILES string of the molecule is O=Cc1ccc(C(F)(F)F)c(-c2ccc(C=O)cc2C(F)(F)F)c1. The van der Waals surface area contributed by atoms with Gasteiger partial charge < -0.3 is 0 Å². The number of rotatable bonds is 3. The van der Waals surface area contributed by atoms with Crippen LogP contribution in [0.1, 0.15) is 31.8 Å². The molecule has 2 aromatic rings. The van der Waals surface area contributed by atoms with E-state index in [4.69, 9.17) is 0 Å². The monoisotopic (exact) mass is 346 g/mol. The van der Waals surface area contributed by atoms with E-state index in [2.05, 4.69) is 0 Å². The molecule has 0 unspecified atom stereocenters.